The molecule has 6 heteroatoms. The van der Waals surface area contributed by atoms with Crippen LogP contribution in [0, 0.1) is 19.8 Å². The number of nitrogens with one attached hydrogen (secondary N) is 1. The highest BCUT2D eigenvalue weighted by Gasteiger charge is 2.24. The fourth-order valence-corrected chi connectivity index (χ4v) is 3.50. The zero-order chi connectivity index (χ0) is 16.6. The molecule has 0 bridgehead atoms. The molecule has 0 aromatic carbocycles. The molecule has 2 heterocycles. The lowest BCUT2D eigenvalue weighted by Crippen LogP contribution is -2.38. The zero-order valence-electron chi connectivity index (χ0n) is 14.0. The average molecular weight is 316 g/mol. The Bertz CT molecular complexity index is 730. The standard InChI is InChI=1S/C17H24N4O2/c1-10-8-14(15-11(2)20-21(3)16(15)18-10)17(23)19-13-6-4-12(9-22)5-7-13/h8,12-13,22H,4-7,9H2,1-3H3,(H,19,23). The van der Waals surface area contributed by atoms with Gasteiger partial charge in [-0.1, -0.05) is 0 Å². The summed E-state index contributed by atoms with van der Waals surface area (Å²) in [4.78, 5) is 17.3. The van der Waals surface area contributed by atoms with Crippen LogP contribution in [0.4, 0.5) is 0 Å². The highest BCUT2D eigenvalue weighted by molar-refractivity contribution is 6.06. The normalized spacial score (nSPS) is 21.6. The molecule has 1 saturated carbocycles. The predicted octanol–water partition coefficient (Wildman–Crippen LogP) is 1.87. The van der Waals surface area contributed by atoms with Crippen LogP contribution in [0.3, 0.4) is 0 Å². The predicted molar refractivity (Wildman–Crippen MR) is 88.3 cm³/mol. The highest BCUT2D eigenvalue weighted by atomic mass is 16.3. The van der Waals surface area contributed by atoms with Crippen molar-refractivity contribution in [1.82, 2.24) is 20.1 Å². The number of aromatic nitrogens is 3. The van der Waals surface area contributed by atoms with Crippen LogP contribution in [-0.4, -0.2) is 38.4 Å². The number of carbonyl (C=O) groups excluding carboxylic acids is 1. The summed E-state index contributed by atoms with van der Waals surface area (Å²) in [7, 11) is 1.85. The number of hydrogen-bond acceptors (Lipinski definition) is 4. The minimum absolute atomic E-state index is 0.0518. The molecule has 1 fully saturated rings. The molecule has 1 amide bonds. The Morgan fingerprint density at radius 3 is 2.70 bits per heavy atom. The van der Waals surface area contributed by atoms with Crippen molar-refractivity contribution in [3.63, 3.8) is 0 Å². The third-order valence-electron chi connectivity index (χ3n) is 4.78. The summed E-state index contributed by atoms with van der Waals surface area (Å²) >= 11 is 0. The van der Waals surface area contributed by atoms with Gasteiger partial charge in [-0.3, -0.25) is 9.48 Å². The van der Waals surface area contributed by atoms with Gasteiger partial charge in [0.25, 0.3) is 5.91 Å². The van der Waals surface area contributed by atoms with E-state index in [9.17, 15) is 9.90 Å². The van der Waals surface area contributed by atoms with Crippen LogP contribution in [0.5, 0.6) is 0 Å². The number of carbonyl (C=O) groups is 1. The van der Waals surface area contributed by atoms with Crippen LogP contribution in [0.1, 0.15) is 47.4 Å². The molecule has 2 aromatic rings. The second-order valence-electron chi connectivity index (χ2n) is 6.59. The summed E-state index contributed by atoms with van der Waals surface area (Å²) in [5, 5.41) is 17.6. The summed E-state index contributed by atoms with van der Waals surface area (Å²) in [5.74, 6) is 0.336. The van der Waals surface area contributed by atoms with E-state index in [2.05, 4.69) is 15.4 Å². The molecule has 124 valence electrons. The van der Waals surface area contributed by atoms with Gasteiger partial charge in [0.1, 0.15) is 0 Å². The van der Waals surface area contributed by atoms with Crippen molar-refractivity contribution >= 4 is 16.9 Å². The average Bonchev–Trinajstić information content (AvgIpc) is 2.81. The van der Waals surface area contributed by atoms with Crippen molar-refractivity contribution in [2.45, 2.75) is 45.6 Å². The molecule has 23 heavy (non-hydrogen) atoms. The lowest BCUT2D eigenvalue weighted by atomic mass is 9.86. The Kier molecular flexibility index (Phi) is 4.35. The molecule has 1 aliphatic rings. The molecule has 2 N–H and O–H groups in total. The van der Waals surface area contributed by atoms with Gasteiger partial charge in [-0.05, 0) is 51.5 Å². The SMILES string of the molecule is Cc1cc(C(=O)NC2CCC(CO)CC2)c2c(C)nn(C)c2n1. The Balaban J connectivity index is 1.84. The fraction of sp³-hybridized carbons (Fsp3) is 0.588. The van der Waals surface area contributed by atoms with E-state index in [-0.39, 0.29) is 18.6 Å². The zero-order valence-corrected chi connectivity index (χ0v) is 14.0. The van der Waals surface area contributed by atoms with Crippen molar-refractivity contribution in [3.8, 4) is 0 Å². The Labute approximate surface area is 135 Å². The second kappa shape index (κ2) is 6.28. The molecule has 0 radical (unpaired) electrons. The van der Waals surface area contributed by atoms with E-state index in [0.29, 0.717) is 11.5 Å². The van der Waals surface area contributed by atoms with E-state index >= 15 is 0 Å². The number of amides is 1. The van der Waals surface area contributed by atoms with Gasteiger partial charge in [0.2, 0.25) is 0 Å². The summed E-state index contributed by atoms with van der Waals surface area (Å²) in [5.41, 5.74) is 3.04. The largest absolute Gasteiger partial charge is 0.396 e. The third kappa shape index (κ3) is 3.08. The van der Waals surface area contributed by atoms with Gasteiger partial charge >= 0.3 is 0 Å². The molecular formula is C17H24N4O2. The number of pyridine rings is 1. The number of rotatable bonds is 3. The first-order valence-electron chi connectivity index (χ1n) is 8.22. The van der Waals surface area contributed by atoms with E-state index in [0.717, 1.165) is 48.1 Å². The monoisotopic (exact) mass is 316 g/mol. The van der Waals surface area contributed by atoms with Crippen molar-refractivity contribution < 1.29 is 9.90 Å². The topological polar surface area (TPSA) is 80.0 Å². The molecule has 0 aliphatic heterocycles. The number of aliphatic hydroxyl groups is 1. The summed E-state index contributed by atoms with van der Waals surface area (Å²) < 4.78 is 1.72. The Morgan fingerprint density at radius 1 is 1.35 bits per heavy atom. The van der Waals surface area contributed by atoms with Crippen molar-refractivity contribution in [1.29, 1.82) is 0 Å². The number of aryl methyl sites for hydroxylation is 3. The molecule has 2 aromatic heterocycles. The van der Waals surface area contributed by atoms with Crippen molar-refractivity contribution in [2.24, 2.45) is 13.0 Å². The number of hydrogen-bond donors (Lipinski definition) is 2. The third-order valence-corrected chi connectivity index (χ3v) is 4.78. The van der Waals surface area contributed by atoms with E-state index < -0.39 is 0 Å². The minimum Gasteiger partial charge on any atom is -0.396 e. The van der Waals surface area contributed by atoms with Gasteiger partial charge in [0, 0.05) is 25.4 Å². The molecule has 0 saturated heterocycles. The van der Waals surface area contributed by atoms with Gasteiger partial charge in [0.15, 0.2) is 5.65 Å². The smallest absolute Gasteiger partial charge is 0.252 e. The van der Waals surface area contributed by atoms with E-state index in [4.69, 9.17) is 0 Å². The van der Waals surface area contributed by atoms with Gasteiger partial charge in [-0.25, -0.2) is 4.98 Å². The number of nitrogens with zero attached hydrogens (tertiary/aromatic N) is 3. The fourth-order valence-electron chi connectivity index (χ4n) is 3.50. The molecule has 0 spiro atoms. The lowest BCUT2D eigenvalue weighted by Gasteiger charge is -2.28. The highest BCUT2D eigenvalue weighted by Crippen LogP contribution is 2.25. The summed E-state index contributed by atoms with van der Waals surface area (Å²) in [6.45, 7) is 4.05. The van der Waals surface area contributed by atoms with Crippen LogP contribution in [0.15, 0.2) is 6.07 Å². The van der Waals surface area contributed by atoms with E-state index in [1.807, 2.05) is 27.0 Å². The molecule has 1 aliphatic carbocycles. The van der Waals surface area contributed by atoms with Crippen LogP contribution < -0.4 is 5.32 Å². The summed E-state index contributed by atoms with van der Waals surface area (Å²) in [6.07, 6.45) is 3.79. The molecule has 6 nitrogen and oxygen atoms in total. The maximum absolute atomic E-state index is 12.8. The van der Waals surface area contributed by atoms with Gasteiger partial charge in [-0.15, -0.1) is 0 Å². The first-order valence-corrected chi connectivity index (χ1v) is 8.22. The molecular weight excluding hydrogens is 292 g/mol. The Morgan fingerprint density at radius 2 is 2.04 bits per heavy atom. The first-order chi connectivity index (χ1) is 11.0. The van der Waals surface area contributed by atoms with Crippen LogP contribution >= 0.6 is 0 Å². The van der Waals surface area contributed by atoms with Crippen LogP contribution in [0.2, 0.25) is 0 Å². The number of aliphatic hydroxyl groups excluding tert-OH is 1. The molecule has 0 unspecified atom stereocenters. The molecule has 3 rings (SSSR count). The Hall–Kier alpha value is -1.95. The number of fused-ring (bicyclic) bond motifs is 1. The minimum atomic E-state index is -0.0518. The second-order valence-corrected chi connectivity index (χ2v) is 6.59. The van der Waals surface area contributed by atoms with E-state index in [1.54, 1.807) is 4.68 Å². The van der Waals surface area contributed by atoms with Crippen LogP contribution in [0.25, 0.3) is 11.0 Å². The quantitative estimate of drug-likeness (QED) is 0.906. The van der Waals surface area contributed by atoms with E-state index in [1.165, 1.54) is 0 Å². The van der Waals surface area contributed by atoms with Gasteiger partial charge < -0.3 is 10.4 Å². The lowest BCUT2D eigenvalue weighted by molar-refractivity contribution is 0.0915. The van der Waals surface area contributed by atoms with Crippen LogP contribution in [-0.2, 0) is 7.05 Å². The van der Waals surface area contributed by atoms with Crippen molar-refractivity contribution in [3.05, 3.63) is 23.0 Å². The van der Waals surface area contributed by atoms with Crippen molar-refractivity contribution in [2.75, 3.05) is 6.61 Å². The van der Waals surface area contributed by atoms with Gasteiger partial charge in [-0.2, -0.15) is 5.10 Å². The first kappa shape index (κ1) is 15.9. The van der Waals surface area contributed by atoms with Gasteiger partial charge in [0.05, 0.1) is 16.6 Å². The summed E-state index contributed by atoms with van der Waals surface area (Å²) in [6, 6.07) is 2.02. The maximum Gasteiger partial charge on any atom is 0.252 e. The molecule has 0 atom stereocenters. The maximum atomic E-state index is 12.8.